The average Bonchev–Trinajstić information content (AvgIpc) is 2.96. The van der Waals surface area contributed by atoms with Crippen LogP contribution >= 0.6 is 0 Å². The third-order valence-electron chi connectivity index (χ3n) is 3.96. The molecule has 0 spiro atoms. The Labute approximate surface area is 99.3 Å². The van der Waals surface area contributed by atoms with Gasteiger partial charge in [0.1, 0.15) is 0 Å². The largest absolute Gasteiger partial charge is 0.371 e. The first kappa shape index (κ1) is 12.3. The maximum Gasteiger partial charge on any atom is 0.0902 e. The van der Waals surface area contributed by atoms with Crippen molar-refractivity contribution in [1.29, 1.82) is 0 Å². The molecule has 94 valence electrons. The van der Waals surface area contributed by atoms with Crippen LogP contribution in [0.4, 0.5) is 0 Å². The summed E-state index contributed by atoms with van der Waals surface area (Å²) in [6, 6.07) is 0. The quantitative estimate of drug-likeness (QED) is 0.616. The van der Waals surface area contributed by atoms with Crippen molar-refractivity contribution in [2.75, 3.05) is 32.8 Å². The summed E-state index contributed by atoms with van der Waals surface area (Å²) in [6.07, 6.45) is 5.57. The zero-order valence-corrected chi connectivity index (χ0v) is 10.8. The molecular weight excluding hydrogens is 200 g/mol. The monoisotopic (exact) mass is 226 g/mol. The van der Waals surface area contributed by atoms with Gasteiger partial charge in [-0.15, -0.1) is 0 Å². The van der Waals surface area contributed by atoms with Crippen LogP contribution in [-0.4, -0.2) is 38.4 Å². The minimum Gasteiger partial charge on any atom is -0.371 e. The second kappa shape index (κ2) is 5.03. The van der Waals surface area contributed by atoms with E-state index in [1.807, 2.05) is 0 Å². The molecule has 3 heteroatoms. The third kappa shape index (κ3) is 3.19. The van der Waals surface area contributed by atoms with E-state index < -0.39 is 0 Å². The van der Waals surface area contributed by atoms with Crippen molar-refractivity contribution in [3.8, 4) is 0 Å². The number of nitrogens with one attached hydrogen (secondary N) is 2. The molecular formula is C13H26N2O. The Kier molecular flexibility index (Phi) is 3.88. The summed E-state index contributed by atoms with van der Waals surface area (Å²) in [4.78, 5) is 0. The van der Waals surface area contributed by atoms with E-state index in [-0.39, 0.29) is 5.60 Å². The van der Waals surface area contributed by atoms with Gasteiger partial charge in [0.05, 0.1) is 12.2 Å². The Balaban J connectivity index is 1.49. The molecule has 0 aromatic carbocycles. The van der Waals surface area contributed by atoms with Crippen LogP contribution in [0.25, 0.3) is 0 Å². The maximum absolute atomic E-state index is 5.84. The van der Waals surface area contributed by atoms with Crippen molar-refractivity contribution in [3.05, 3.63) is 0 Å². The van der Waals surface area contributed by atoms with Crippen LogP contribution in [0, 0.1) is 5.41 Å². The van der Waals surface area contributed by atoms with Crippen molar-refractivity contribution in [1.82, 2.24) is 10.6 Å². The molecule has 1 saturated heterocycles. The molecule has 3 nitrogen and oxygen atoms in total. The van der Waals surface area contributed by atoms with Gasteiger partial charge in [0, 0.05) is 26.2 Å². The Hall–Kier alpha value is -0.120. The molecule has 16 heavy (non-hydrogen) atoms. The van der Waals surface area contributed by atoms with Crippen LogP contribution < -0.4 is 10.6 Å². The third-order valence-corrected chi connectivity index (χ3v) is 3.96. The van der Waals surface area contributed by atoms with Gasteiger partial charge in [-0.25, -0.2) is 0 Å². The molecule has 1 aliphatic carbocycles. The van der Waals surface area contributed by atoms with Gasteiger partial charge in [-0.3, -0.25) is 0 Å². The number of rotatable bonds is 8. The Morgan fingerprint density at radius 3 is 2.56 bits per heavy atom. The van der Waals surface area contributed by atoms with E-state index in [0.717, 1.165) is 26.2 Å². The molecule has 1 saturated carbocycles. The van der Waals surface area contributed by atoms with Crippen molar-refractivity contribution in [2.24, 2.45) is 5.41 Å². The summed E-state index contributed by atoms with van der Waals surface area (Å²) < 4.78 is 5.84. The predicted octanol–water partition coefficient (Wildman–Crippen LogP) is 1.53. The standard InChI is InChI=1S/C13H26N2O/c1-3-4-13(5-6-13)11-14-7-8-16-12(2)9-15-10-12/h14-15H,3-11H2,1-2H3. The zero-order valence-electron chi connectivity index (χ0n) is 10.8. The highest BCUT2D eigenvalue weighted by Gasteiger charge is 2.40. The van der Waals surface area contributed by atoms with Crippen LogP contribution in [0.5, 0.6) is 0 Å². The van der Waals surface area contributed by atoms with Gasteiger partial charge < -0.3 is 15.4 Å². The molecule has 0 atom stereocenters. The van der Waals surface area contributed by atoms with Crippen LogP contribution in [0.1, 0.15) is 39.5 Å². The lowest BCUT2D eigenvalue weighted by atomic mass is 10.0. The van der Waals surface area contributed by atoms with E-state index in [1.54, 1.807) is 0 Å². The highest BCUT2D eigenvalue weighted by atomic mass is 16.5. The molecule has 0 unspecified atom stereocenters. The zero-order chi connectivity index (χ0) is 11.5. The molecule has 0 amide bonds. The smallest absolute Gasteiger partial charge is 0.0902 e. The van der Waals surface area contributed by atoms with Gasteiger partial charge in [0.2, 0.25) is 0 Å². The summed E-state index contributed by atoms with van der Waals surface area (Å²) in [6.45, 7) is 9.52. The molecule has 1 aliphatic heterocycles. The topological polar surface area (TPSA) is 33.3 Å². The molecule has 0 radical (unpaired) electrons. The van der Waals surface area contributed by atoms with Gasteiger partial charge in [-0.05, 0) is 31.6 Å². The Morgan fingerprint density at radius 1 is 1.31 bits per heavy atom. The highest BCUT2D eigenvalue weighted by molar-refractivity contribution is 4.94. The highest BCUT2D eigenvalue weighted by Crippen LogP contribution is 2.48. The maximum atomic E-state index is 5.84. The first-order valence-electron chi connectivity index (χ1n) is 6.74. The van der Waals surface area contributed by atoms with Crippen LogP contribution in [0.15, 0.2) is 0 Å². The summed E-state index contributed by atoms with van der Waals surface area (Å²) >= 11 is 0. The fourth-order valence-corrected chi connectivity index (χ4v) is 2.52. The minimum absolute atomic E-state index is 0.113. The number of hydrogen-bond donors (Lipinski definition) is 2. The van der Waals surface area contributed by atoms with E-state index in [0.29, 0.717) is 5.41 Å². The molecule has 2 rings (SSSR count). The first-order chi connectivity index (χ1) is 7.68. The van der Waals surface area contributed by atoms with E-state index in [4.69, 9.17) is 4.74 Å². The van der Waals surface area contributed by atoms with Gasteiger partial charge in [0.25, 0.3) is 0 Å². The van der Waals surface area contributed by atoms with Crippen LogP contribution in [0.2, 0.25) is 0 Å². The first-order valence-corrected chi connectivity index (χ1v) is 6.74. The van der Waals surface area contributed by atoms with E-state index in [9.17, 15) is 0 Å². The fourth-order valence-electron chi connectivity index (χ4n) is 2.52. The van der Waals surface area contributed by atoms with Crippen LogP contribution in [-0.2, 0) is 4.74 Å². The Bertz CT molecular complexity index is 222. The minimum atomic E-state index is 0.113. The normalized spacial score (nSPS) is 25.1. The lowest BCUT2D eigenvalue weighted by Crippen LogP contribution is -2.59. The lowest BCUT2D eigenvalue weighted by molar-refractivity contribution is -0.0649. The molecule has 0 aromatic heterocycles. The van der Waals surface area contributed by atoms with E-state index in [2.05, 4.69) is 24.5 Å². The number of ether oxygens (including phenoxy) is 1. The van der Waals surface area contributed by atoms with Gasteiger partial charge in [0.15, 0.2) is 0 Å². The molecule has 2 fully saturated rings. The molecule has 0 aromatic rings. The lowest BCUT2D eigenvalue weighted by Gasteiger charge is -2.39. The average molecular weight is 226 g/mol. The molecule has 2 N–H and O–H groups in total. The van der Waals surface area contributed by atoms with E-state index in [1.165, 1.54) is 32.2 Å². The van der Waals surface area contributed by atoms with Crippen molar-refractivity contribution >= 4 is 0 Å². The van der Waals surface area contributed by atoms with Gasteiger partial charge >= 0.3 is 0 Å². The molecule has 0 bridgehead atoms. The molecule has 2 aliphatic rings. The number of hydrogen-bond acceptors (Lipinski definition) is 3. The van der Waals surface area contributed by atoms with Gasteiger partial charge in [-0.2, -0.15) is 0 Å². The van der Waals surface area contributed by atoms with Crippen molar-refractivity contribution in [3.63, 3.8) is 0 Å². The van der Waals surface area contributed by atoms with Crippen molar-refractivity contribution in [2.45, 2.75) is 45.1 Å². The second-order valence-corrected chi connectivity index (χ2v) is 5.83. The summed E-state index contributed by atoms with van der Waals surface area (Å²) in [5.41, 5.74) is 0.777. The molecule has 1 heterocycles. The summed E-state index contributed by atoms with van der Waals surface area (Å²) in [5, 5.41) is 6.80. The fraction of sp³-hybridized carbons (Fsp3) is 1.00. The van der Waals surface area contributed by atoms with E-state index >= 15 is 0 Å². The van der Waals surface area contributed by atoms with Crippen molar-refractivity contribution < 1.29 is 4.74 Å². The predicted molar refractivity (Wildman–Crippen MR) is 66.7 cm³/mol. The summed E-state index contributed by atoms with van der Waals surface area (Å²) in [7, 11) is 0. The summed E-state index contributed by atoms with van der Waals surface area (Å²) in [5.74, 6) is 0. The van der Waals surface area contributed by atoms with Gasteiger partial charge in [-0.1, -0.05) is 13.3 Å². The Morgan fingerprint density at radius 2 is 2.06 bits per heavy atom. The second-order valence-electron chi connectivity index (χ2n) is 5.83. The van der Waals surface area contributed by atoms with Crippen LogP contribution in [0.3, 0.4) is 0 Å². The SMILES string of the molecule is CCCC1(CNCCOC2(C)CNC2)CC1.